The molecule has 1 aliphatic carbocycles. The molecule has 0 aliphatic heterocycles. The molecule has 0 heterocycles. The maximum Gasteiger partial charge on any atom is -0.0260 e. The second-order valence-electron chi connectivity index (χ2n) is 5.01. The van der Waals surface area contributed by atoms with Crippen molar-refractivity contribution in [3.63, 3.8) is 0 Å². The van der Waals surface area contributed by atoms with E-state index in [0.717, 1.165) is 5.92 Å². The summed E-state index contributed by atoms with van der Waals surface area (Å²) >= 11 is 0. The zero-order chi connectivity index (χ0) is 9.73. The molecular formula is C12H25P. The summed E-state index contributed by atoms with van der Waals surface area (Å²) in [5.41, 5.74) is 0.707. The Balaban J connectivity index is 2.46. The van der Waals surface area contributed by atoms with Gasteiger partial charge in [0.2, 0.25) is 0 Å². The SMILES string of the molecule is CCCCC1(CP)CCCC(C)C1. The lowest BCUT2D eigenvalue weighted by Gasteiger charge is -2.39. The van der Waals surface area contributed by atoms with Crippen LogP contribution in [0.2, 0.25) is 0 Å². The number of hydrogen-bond donors (Lipinski definition) is 0. The van der Waals surface area contributed by atoms with Crippen LogP contribution in [0.1, 0.15) is 58.8 Å². The van der Waals surface area contributed by atoms with E-state index in [1.54, 1.807) is 0 Å². The van der Waals surface area contributed by atoms with E-state index in [1.807, 2.05) is 0 Å². The van der Waals surface area contributed by atoms with Crippen molar-refractivity contribution in [2.24, 2.45) is 11.3 Å². The summed E-state index contributed by atoms with van der Waals surface area (Å²) in [7, 11) is 2.99. The molecule has 0 radical (unpaired) electrons. The van der Waals surface area contributed by atoms with Gasteiger partial charge in [-0.25, -0.2) is 0 Å². The largest absolute Gasteiger partial charge is 0.137 e. The van der Waals surface area contributed by atoms with Crippen LogP contribution < -0.4 is 0 Å². The lowest BCUT2D eigenvalue weighted by molar-refractivity contribution is 0.157. The van der Waals surface area contributed by atoms with Crippen LogP contribution >= 0.6 is 9.24 Å². The van der Waals surface area contributed by atoms with Gasteiger partial charge in [0.05, 0.1) is 0 Å². The Morgan fingerprint density at radius 1 is 1.46 bits per heavy atom. The quantitative estimate of drug-likeness (QED) is 0.595. The van der Waals surface area contributed by atoms with E-state index in [2.05, 4.69) is 23.1 Å². The zero-order valence-corrected chi connectivity index (χ0v) is 10.5. The van der Waals surface area contributed by atoms with Crippen molar-refractivity contribution in [3.8, 4) is 0 Å². The molecule has 0 aromatic heterocycles. The van der Waals surface area contributed by atoms with Gasteiger partial charge in [-0.05, 0) is 36.8 Å². The molecule has 13 heavy (non-hydrogen) atoms. The normalized spacial score (nSPS) is 34.8. The number of rotatable bonds is 4. The fraction of sp³-hybridized carbons (Fsp3) is 1.00. The molecule has 1 fully saturated rings. The Bertz CT molecular complexity index is 144. The van der Waals surface area contributed by atoms with Gasteiger partial charge in [-0.2, -0.15) is 0 Å². The van der Waals surface area contributed by atoms with Gasteiger partial charge in [-0.1, -0.05) is 39.5 Å². The highest BCUT2D eigenvalue weighted by Crippen LogP contribution is 2.44. The van der Waals surface area contributed by atoms with Gasteiger partial charge < -0.3 is 0 Å². The first-order valence-electron chi connectivity index (χ1n) is 5.92. The molecule has 0 saturated heterocycles. The fourth-order valence-corrected chi connectivity index (χ4v) is 3.41. The minimum atomic E-state index is 0.707. The van der Waals surface area contributed by atoms with Gasteiger partial charge in [0.15, 0.2) is 0 Å². The van der Waals surface area contributed by atoms with Crippen LogP contribution in [0.5, 0.6) is 0 Å². The highest BCUT2D eigenvalue weighted by Gasteiger charge is 2.32. The van der Waals surface area contributed by atoms with Gasteiger partial charge >= 0.3 is 0 Å². The van der Waals surface area contributed by atoms with E-state index >= 15 is 0 Å². The van der Waals surface area contributed by atoms with Crippen LogP contribution in [0.4, 0.5) is 0 Å². The second-order valence-corrected chi connectivity index (χ2v) is 5.42. The maximum atomic E-state index is 2.99. The summed E-state index contributed by atoms with van der Waals surface area (Å²) in [6.45, 7) is 4.74. The number of hydrogen-bond acceptors (Lipinski definition) is 0. The van der Waals surface area contributed by atoms with Crippen molar-refractivity contribution in [3.05, 3.63) is 0 Å². The lowest BCUT2D eigenvalue weighted by atomic mass is 9.69. The lowest BCUT2D eigenvalue weighted by Crippen LogP contribution is -2.29. The molecule has 1 saturated carbocycles. The fourth-order valence-electron chi connectivity index (χ4n) is 2.84. The summed E-state index contributed by atoms with van der Waals surface area (Å²) in [5.74, 6) is 0.978. The molecule has 1 heteroatoms. The molecule has 0 aromatic rings. The average molecular weight is 200 g/mol. The van der Waals surface area contributed by atoms with E-state index in [1.165, 1.54) is 51.1 Å². The minimum Gasteiger partial charge on any atom is -0.137 e. The Morgan fingerprint density at radius 2 is 2.23 bits per heavy atom. The van der Waals surface area contributed by atoms with E-state index in [0.29, 0.717) is 5.41 Å². The summed E-state index contributed by atoms with van der Waals surface area (Å²) in [6.07, 6.45) is 11.5. The van der Waals surface area contributed by atoms with Crippen molar-refractivity contribution in [2.45, 2.75) is 58.8 Å². The third kappa shape index (κ3) is 3.24. The Morgan fingerprint density at radius 3 is 2.77 bits per heavy atom. The Hall–Kier alpha value is 0.430. The predicted molar refractivity (Wildman–Crippen MR) is 64.2 cm³/mol. The van der Waals surface area contributed by atoms with E-state index in [-0.39, 0.29) is 0 Å². The van der Waals surface area contributed by atoms with Gasteiger partial charge in [0, 0.05) is 0 Å². The first-order chi connectivity index (χ1) is 6.22. The van der Waals surface area contributed by atoms with Gasteiger partial charge in [0.25, 0.3) is 0 Å². The predicted octanol–water partition coefficient (Wildman–Crippen LogP) is 4.25. The minimum absolute atomic E-state index is 0.707. The first kappa shape index (κ1) is 11.5. The highest BCUT2D eigenvalue weighted by atomic mass is 31.0. The molecule has 0 spiro atoms. The van der Waals surface area contributed by atoms with Crippen molar-refractivity contribution >= 4 is 9.24 Å². The summed E-state index contributed by atoms with van der Waals surface area (Å²) in [5, 5.41) is 0. The third-order valence-corrected chi connectivity index (χ3v) is 4.55. The standard InChI is InChI=1S/C12H25P/c1-3-4-7-12(10-13)8-5-6-11(2)9-12/h11H,3-10,13H2,1-2H3. The molecule has 0 N–H and O–H groups in total. The van der Waals surface area contributed by atoms with Crippen LogP contribution in [0, 0.1) is 11.3 Å². The first-order valence-corrected chi connectivity index (χ1v) is 6.74. The van der Waals surface area contributed by atoms with E-state index in [4.69, 9.17) is 0 Å². The molecule has 78 valence electrons. The van der Waals surface area contributed by atoms with Crippen LogP contribution in [0.3, 0.4) is 0 Å². The molecule has 0 bridgehead atoms. The topological polar surface area (TPSA) is 0 Å². The molecule has 1 rings (SSSR count). The highest BCUT2D eigenvalue weighted by molar-refractivity contribution is 7.16. The van der Waals surface area contributed by atoms with Crippen molar-refractivity contribution in [1.29, 1.82) is 0 Å². The Kier molecular flexibility index (Phi) is 4.73. The molecule has 1 aliphatic rings. The van der Waals surface area contributed by atoms with Gasteiger partial charge in [-0.3, -0.25) is 0 Å². The molecule has 3 unspecified atom stereocenters. The van der Waals surface area contributed by atoms with Crippen LogP contribution in [0.15, 0.2) is 0 Å². The zero-order valence-electron chi connectivity index (χ0n) is 9.31. The van der Waals surface area contributed by atoms with Crippen molar-refractivity contribution in [1.82, 2.24) is 0 Å². The van der Waals surface area contributed by atoms with Crippen molar-refractivity contribution in [2.75, 3.05) is 6.16 Å². The third-order valence-electron chi connectivity index (χ3n) is 3.68. The van der Waals surface area contributed by atoms with Gasteiger partial charge in [0.1, 0.15) is 0 Å². The molecule has 0 amide bonds. The van der Waals surface area contributed by atoms with Crippen LogP contribution in [-0.2, 0) is 0 Å². The van der Waals surface area contributed by atoms with Crippen LogP contribution in [0.25, 0.3) is 0 Å². The molecule has 3 atom stereocenters. The molecule has 0 nitrogen and oxygen atoms in total. The van der Waals surface area contributed by atoms with E-state index in [9.17, 15) is 0 Å². The van der Waals surface area contributed by atoms with Gasteiger partial charge in [-0.15, -0.1) is 9.24 Å². The average Bonchev–Trinajstić information content (AvgIpc) is 2.15. The Labute approximate surface area is 86.1 Å². The molecular weight excluding hydrogens is 175 g/mol. The number of unbranched alkanes of at least 4 members (excludes halogenated alkanes) is 1. The summed E-state index contributed by atoms with van der Waals surface area (Å²) in [6, 6.07) is 0. The monoisotopic (exact) mass is 200 g/mol. The summed E-state index contributed by atoms with van der Waals surface area (Å²) in [4.78, 5) is 0. The van der Waals surface area contributed by atoms with Crippen molar-refractivity contribution < 1.29 is 0 Å². The van der Waals surface area contributed by atoms with Crippen LogP contribution in [-0.4, -0.2) is 6.16 Å². The smallest absolute Gasteiger partial charge is 0.0260 e. The molecule has 0 aromatic carbocycles. The second kappa shape index (κ2) is 5.35. The maximum absolute atomic E-state index is 2.99. The van der Waals surface area contributed by atoms with E-state index < -0.39 is 0 Å². The summed E-state index contributed by atoms with van der Waals surface area (Å²) < 4.78 is 0.